The van der Waals surface area contributed by atoms with E-state index in [4.69, 9.17) is 0 Å². The van der Waals surface area contributed by atoms with Crippen LogP contribution in [0, 0.1) is 0 Å². The van der Waals surface area contributed by atoms with Crippen LogP contribution in [0.25, 0.3) is 11.4 Å². The van der Waals surface area contributed by atoms with Crippen LogP contribution in [0.4, 0.5) is 11.4 Å². The first kappa shape index (κ1) is 12.2. The second kappa shape index (κ2) is 5.84. The van der Waals surface area contributed by atoms with Gasteiger partial charge in [0, 0.05) is 12.4 Å². The van der Waals surface area contributed by atoms with Crippen molar-refractivity contribution in [3.63, 3.8) is 0 Å². The molecule has 96 valence electrons. The number of hydrogen-bond donors (Lipinski definition) is 0. The maximum Gasteiger partial charge on any atom is 0.0908 e. The van der Waals surface area contributed by atoms with Gasteiger partial charge in [-0.15, -0.1) is 0 Å². The van der Waals surface area contributed by atoms with Crippen molar-refractivity contribution in [3.05, 3.63) is 73.1 Å². The lowest BCUT2D eigenvalue weighted by atomic mass is 10.2. The van der Waals surface area contributed by atoms with Gasteiger partial charge in [0.1, 0.15) is 0 Å². The molecule has 20 heavy (non-hydrogen) atoms. The molecule has 1 aromatic carbocycles. The highest BCUT2D eigenvalue weighted by molar-refractivity contribution is 5.58. The highest BCUT2D eigenvalue weighted by atomic mass is 15.1. The Hall–Kier alpha value is -2.88. The Balaban J connectivity index is 1.87. The van der Waals surface area contributed by atoms with Crippen LogP contribution in [-0.4, -0.2) is 9.97 Å². The molecule has 2 aromatic heterocycles. The molecule has 0 aliphatic rings. The van der Waals surface area contributed by atoms with E-state index < -0.39 is 0 Å². The van der Waals surface area contributed by atoms with E-state index in [1.54, 1.807) is 12.4 Å². The van der Waals surface area contributed by atoms with Gasteiger partial charge in [-0.25, -0.2) is 0 Å². The molecule has 0 fully saturated rings. The van der Waals surface area contributed by atoms with Crippen LogP contribution in [0.3, 0.4) is 0 Å². The molecule has 0 spiro atoms. The quantitative estimate of drug-likeness (QED) is 0.648. The molecule has 0 aliphatic carbocycles. The van der Waals surface area contributed by atoms with Gasteiger partial charge >= 0.3 is 0 Å². The third-order valence-electron chi connectivity index (χ3n) is 2.71. The molecule has 0 bridgehead atoms. The summed E-state index contributed by atoms with van der Waals surface area (Å²) in [6, 6.07) is 19.0. The fraction of sp³-hybridized carbons (Fsp3) is 0. The molecule has 0 unspecified atom stereocenters. The van der Waals surface area contributed by atoms with Crippen molar-refractivity contribution in [1.82, 2.24) is 9.97 Å². The van der Waals surface area contributed by atoms with Crippen molar-refractivity contribution in [2.75, 3.05) is 0 Å². The summed E-state index contributed by atoms with van der Waals surface area (Å²) in [5, 5.41) is 8.41. The van der Waals surface area contributed by atoms with E-state index in [1.807, 2.05) is 60.7 Å². The fourth-order valence-electron chi connectivity index (χ4n) is 1.75. The van der Waals surface area contributed by atoms with Gasteiger partial charge in [0.2, 0.25) is 0 Å². The van der Waals surface area contributed by atoms with E-state index in [0.717, 1.165) is 22.8 Å². The molecule has 0 saturated heterocycles. The summed E-state index contributed by atoms with van der Waals surface area (Å²) < 4.78 is 0. The van der Waals surface area contributed by atoms with Crippen LogP contribution < -0.4 is 0 Å². The molecule has 4 heteroatoms. The number of aromatic nitrogens is 2. The van der Waals surface area contributed by atoms with Gasteiger partial charge in [-0.3, -0.25) is 9.97 Å². The summed E-state index contributed by atoms with van der Waals surface area (Å²) in [5.41, 5.74) is 3.19. The Morgan fingerprint density at radius 3 is 2.15 bits per heavy atom. The van der Waals surface area contributed by atoms with Gasteiger partial charge in [0.25, 0.3) is 0 Å². The predicted molar refractivity (Wildman–Crippen MR) is 78.1 cm³/mol. The minimum absolute atomic E-state index is 0.754. The minimum Gasteiger partial charge on any atom is -0.255 e. The van der Waals surface area contributed by atoms with E-state index in [-0.39, 0.29) is 0 Å². The van der Waals surface area contributed by atoms with E-state index in [1.165, 1.54) is 0 Å². The molecule has 0 amide bonds. The largest absolute Gasteiger partial charge is 0.255 e. The number of nitrogens with zero attached hydrogens (tertiary/aromatic N) is 4. The van der Waals surface area contributed by atoms with Gasteiger partial charge < -0.3 is 0 Å². The number of rotatable bonds is 3. The van der Waals surface area contributed by atoms with Crippen molar-refractivity contribution < 1.29 is 0 Å². The molecule has 0 N–H and O–H groups in total. The van der Waals surface area contributed by atoms with Gasteiger partial charge in [0.15, 0.2) is 0 Å². The predicted octanol–water partition coefficient (Wildman–Crippen LogP) is 4.56. The van der Waals surface area contributed by atoms with Crippen LogP contribution in [0.2, 0.25) is 0 Å². The molecular formula is C16H12N4. The molecule has 0 atom stereocenters. The summed E-state index contributed by atoms with van der Waals surface area (Å²) >= 11 is 0. The van der Waals surface area contributed by atoms with Crippen molar-refractivity contribution in [1.29, 1.82) is 0 Å². The molecule has 3 rings (SSSR count). The number of pyridine rings is 2. The monoisotopic (exact) mass is 260 g/mol. The zero-order valence-corrected chi connectivity index (χ0v) is 10.7. The number of benzene rings is 1. The van der Waals surface area contributed by atoms with Gasteiger partial charge in [-0.1, -0.05) is 24.3 Å². The van der Waals surface area contributed by atoms with Crippen molar-refractivity contribution in [2.24, 2.45) is 10.2 Å². The lowest BCUT2D eigenvalue weighted by molar-refractivity contribution is 1.20. The highest BCUT2D eigenvalue weighted by Gasteiger charge is 2.00. The topological polar surface area (TPSA) is 50.5 Å². The van der Waals surface area contributed by atoms with Crippen molar-refractivity contribution in [3.8, 4) is 11.4 Å². The Morgan fingerprint density at radius 2 is 1.35 bits per heavy atom. The highest BCUT2D eigenvalue weighted by Crippen LogP contribution is 2.21. The molecule has 0 aliphatic heterocycles. The lowest BCUT2D eigenvalue weighted by Gasteiger charge is -1.99. The Bertz CT molecular complexity index is 709. The maximum absolute atomic E-state index is 4.30. The Morgan fingerprint density at radius 1 is 0.600 bits per heavy atom. The summed E-state index contributed by atoms with van der Waals surface area (Å²) in [6.07, 6.45) is 3.46. The molecule has 0 radical (unpaired) electrons. The fourth-order valence-corrected chi connectivity index (χ4v) is 1.75. The first-order chi connectivity index (χ1) is 9.92. The summed E-state index contributed by atoms with van der Waals surface area (Å²) in [7, 11) is 0. The standard InChI is InChI=1S/C16H12N4/c1-2-6-13(7-3-1)19-20-14-9-11-18-16(12-14)15-8-4-5-10-17-15/h1-12H. The summed E-state index contributed by atoms with van der Waals surface area (Å²) in [6.45, 7) is 0. The zero-order chi connectivity index (χ0) is 13.6. The SMILES string of the molecule is c1ccc(N=Nc2ccnc(-c3ccccn3)c2)cc1. The van der Waals surface area contributed by atoms with E-state index in [2.05, 4.69) is 20.2 Å². The third kappa shape index (κ3) is 2.92. The molecule has 3 aromatic rings. The maximum atomic E-state index is 4.30. The zero-order valence-electron chi connectivity index (χ0n) is 10.7. The van der Waals surface area contributed by atoms with E-state index >= 15 is 0 Å². The van der Waals surface area contributed by atoms with Crippen molar-refractivity contribution in [2.45, 2.75) is 0 Å². The number of hydrogen-bond acceptors (Lipinski definition) is 4. The average molecular weight is 260 g/mol. The second-order valence-electron chi connectivity index (χ2n) is 4.15. The van der Waals surface area contributed by atoms with Gasteiger partial charge in [0.05, 0.1) is 22.8 Å². The first-order valence-electron chi connectivity index (χ1n) is 6.26. The van der Waals surface area contributed by atoms with Crippen molar-refractivity contribution >= 4 is 11.4 Å². The molecule has 0 saturated carbocycles. The van der Waals surface area contributed by atoms with Crippen LogP contribution in [-0.2, 0) is 0 Å². The average Bonchev–Trinajstić information content (AvgIpc) is 2.55. The minimum atomic E-state index is 0.754. The van der Waals surface area contributed by atoms with Crippen LogP contribution in [0.5, 0.6) is 0 Å². The van der Waals surface area contributed by atoms with Gasteiger partial charge in [-0.2, -0.15) is 10.2 Å². The molecular weight excluding hydrogens is 248 g/mol. The lowest BCUT2D eigenvalue weighted by Crippen LogP contribution is -1.84. The Kier molecular flexibility index (Phi) is 3.55. The first-order valence-corrected chi connectivity index (χ1v) is 6.26. The van der Waals surface area contributed by atoms with Crippen LogP contribution in [0.1, 0.15) is 0 Å². The molecule has 4 nitrogen and oxygen atoms in total. The summed E-state index contributed by atoms with van der Waals surface area (Å²) in [4.78, 5) is 8.57. The van der Waals surface area contributed by atoms with Gasteiger partial charge in [-0.05, 0) is 36.4 Å². The van der Waals surface area contributed by atoms with Crippen LogP contribution >= 0.6 is 0 Å². The normalized spacial score (nSPS) is 10.8. The number of azo groups is 1. The second-order valence-corrected chi connectivity index (χ2v) is 4.15. The summed E-state index contributed by atoms with van der Waals surface area (Å²) in [5.74, 6) is 0. The van der Waals surface area contributed by atoms with E-state index in [0.29, 0.717) is 0 Å². The smallest absolute Gasteiger partial charge is 0.0908 e. The third-order valence-corrected chi connectivity index (χ3v) is 2.71. The van der Waals surface area contributed by atoms with Crippen LogP contribution in [0.15, 0.2) is 83.3 Å². The molecule has 2 heterocycles. The van der Waals surface area contributed by atoms with E-state index in [9.17, 15) is 0 Å². The Labute approximate surface area is 116 Å².